The van der Waals surface area contributed by atoms with Crippen LogP contribution in [0.5, 0.6) is 0 Å². The predicted octanol–water partition coefficient (Wildman–Crippen LogP) is 2.09. The van der Waals surface area contributed by atoms with Crippen molar-refractivity contribution in [1.29, 1.82) is 0 Å². The Hall–Kier alpha value is -0.0800. The quantitative estimate of drug-likeness (QED) is 0.659. The highest BCUT2D eigenvalue weighted by Crippen LogP contribution is 2.06. The van der Waals surface area contributed by atoms with Gasteiger partial charge in [-0.3, -0.25) is 0 Å². The summed E-state index contributed by atoms with van der Waals surface area (Å²) in [5.74, 6) is 0.685. The molecule has 13 heavy (non-hydrogen) atoms. The van der Waals surface area contributed by atoms with Gasteiger partial charge in [-0.25, -0.2) is 0 Å². The van der Waals surface area contributed by atoms with E-state index in [9.17, 15) is 0 Å². The zero-order valence-corrected chi connectivity index (χ0v) is 9.71. The van der Waals surface area contributed by atoms with E-state index in [-0.39, 0.29) is 0 Å². The summed E-state index contributed by atoms with van der Waals surface area (Å²) in [5, 5.41) is 0. The minimum Gasteiger partial charge on any atom is -0.330 e. The Bertz CT molecular complexity index is 115. The minimum atomic E-state index is 0.685. The van der Waals surface area contributed by atoms with Gasteiger partial charge < -0.3 is 10.6 Å². The molecule has 2 heteroatoms. The van der Waals surface area contributed by atoms with Crippen LogP contribution in [0.25, 0.3) is 0 Å². The van der Waals surface area contributed by atoms with Gasteiger partial charge in [-0.1, -0.05) is 13.8 Å². The molecule has 0 aromatic heterocycles. The van der Waals surface area contributed by atoms with Crippen molar-refractivity contribution in [1.82, 2.24) is 4.90 Å². The molecule has 2 atom stereocenters. The van der Waals surface area contributed by atoms with Crippen LogP contribution in [0, 0.1) is 5.92 Å². The molecule has 0 radical (unpaired) electrons. The Morgan fingerprint density at radius 1 is 1.31 bits per heavy atom. The second-order valence-corrected chi connectivity index (χ2v) is 4.22. The first-order chi connectivity index (χ1) is 6.11. The molecule has 0 spiro atoms. The second kappa shape index (κ2) is 7.34. The maximum atomic E-state index is 5.56. The Morgan fingerprint density at radius 3 is 2.38 bits per heavy atom. The fourth-order valence-electron chi connectivity index (χ4n) is 1.34. The average Bonchev–Trinajstić information content (AvgIpc) is 2.15. The Balaban J connectivity index is 3.41. The Labute approximate surface area is 83.5 Å². The van der Waals surface area contributed by atoms with Crippen molar-refractivity contribution < 1.29 is 0 Å². The van der Waals surface area contributed by atoms with Gasteiger partial charge in [0.2, 0.25) is 0 Å². The maximum absolute atomic E-state index is 5.56. The zero-order valence-electron chi connectivity index (χ0n) is 9.71. The molecule has 0 aromatic carbocycles. The van der Waals surface area contributed by atoms with Gasteiger partial charge in [-0.05, 0) is 52.2 Å². The van der Waals surface area contributed by atoms with E-state index in [0.717, 1.165) is 6.54 Å². The van der Waals surface area contributed by atoms with E-state index < -0.39 is 0 Å². The number of nitrogens with zero attached hydrogens (tertiary/aromatic N) is 1. The van der Waals surface area contributed by atoms with Crippen molar-refractivity contribution in [2.24, 2.45) is 11.7 Å². The second-order valence-electron chi connectivity index (χ2n) is 4.22. The van der Waals surface area contributed by atoms with Gasteiger partial charge in [-0.2, -0.15) is 0 Å². The molecule has 80 valence electrons. The summed E-state index contributed by atoms with van der Waals surface area (Å²) in [5.41, 5.74) is 5.56. The first kappa shape index (κ1) is 12.9. The molecule has 2 N–H and O–H groups in total. The third-order valence-electron chi connectivity index (χ3n) is 2.95. The molecule has 2 nitrogen and oxygen atoms in total. The van der Waals surface area contributed by atoms with Gasteiger partial charge in [0.15, 0.2) is 0 Å². The monoisotopic (exact) mass is 186 g/mol. The number of hydrogen-bond acceptors (Lipinski definition) is 2. The lowest BCUT2D eigenvalue weighted by atomic mass is 10.1. The fourth-order valence-corrected chi connectivity index (χ4v) is 1.34. The lowest BCUT2D eigenvalue weighted by Gasteiger charge is -2.23. The normalized spacial score (nSPS) is 16.2. The SMILES string of the molecule is CCC(C)N(C)CCCC(C)CN. The number of nitrogens with two attached hydrogens (primary N) is 1. The number of rotatable bonds is 7. The fraction of sp³-hybridized carbons (Fsp3) is 1.00. The van der Waals surface area contributed by atoms with E-state index in [4.69, 9.17) is 5.73 Å². The van der Waals surface area contributed by atoms with E-state index in [1.165, 1.54) is 25.8 Å². The van der Waals surface area contributed by atoms with Crippen LogP contribution in [-0.4, -0.2) is 31.1 Å². The summed E-state index contributed by atoms with van der Waals surface area (Å²) >= 11 is 0. The summed E-state index contributed by atoms with van der Waals surface area (Å²) < 4.78 is 0. The zero-order chi connectivity index (χ0) is 10.3. The molecule has 0 aliphatic carbocycles. The first-order valence-corrected chi connectivity index (χ1v) is 5.52. The third kappa shape index (κ3) is 6.05. The van der Waals surface area contributed by atoms with Crippen LogP contribution in [0.4, 0.5) is 0 Å². The molecule has 0 saturated carbocycles. The smallest absolute Gasteiger partial charge is 0.00612 e. The summed E-state index contributed by atoms with van der Waals surface area (Å²) in [6.45, 7) is 8.78. The van der Waals surface area contributed by atoms with Gasteiger partial charge in [0, 0.05) is 6.04 Å². The summed E-state index contributed by atoms with van der Waals surface area (Å²) in [6, 6.07) is 0.716. The van der Waals surface area contributed by atoms with E-state index in [1.807, 2.05) is 0 Å². The molecule has 0 amide bonds. The summed E-state index contributed by atoms with van der Waals surface area (Å²) in [4.78, 5) is 2.43. The predicted molar refractivity (Wildman–Crippen MR) is 59.8 cm³/mol. The Kier molecular flexibility index (Phi) is 7.29. The van der Waals surface area contributed by atoms with Gasteiger partial charge in [0.05, 0.1) is 0 Å². The molecule has 0 aliphatic rings. The molecule has 0 rings (SSSR count). The van der Waals surface area contributed by atoms with Crippen molar-refractivity contribution in [3.63, 3.8) is 0 Å². The van der Waals surface area contributed by atoms with E-state index in [2.05, 4.69) is 32.7 Å². The van der Waals surface area contributed by atoms with E-state index in [1.54, 1.807) is 0 Å². The van der Waals surface area contributed by atoms with Crippen LogP contribution in [0.15, 0.2) is 0 Å². The molecule has 0 bridgehead atoms. The first-order valence-electron chi connectivity index (χ1n) is 5.52. The largest absolute Gasteiger partial charge is 0.330 e. The minimum absolute atomic E-state index is 0.685. The highest BCUT2D eigenvalue weighted by molar-refractivity contribution is 4.62. The van der Waals surface area contributed by atoms with Crippen molar-refractivity contribution in [2.75, 3.05) is 20.1 Å². The van der Waals surface area contributed by atoms with Crippen molar-refractivity contribution >= 4 is 0 Å². The van der Waals surface area contributed by atoms with Crippen molar-refractivity contribution in [3.8, 4) is 0 Å². The topological polar surface area (TPSA) is 29.3 Å². The van der Waals surface area contributed by atoms with E-state index in [0.29, 0.717) is 12.0 Å². The van der Waals surface area contributed by atoms with E-state index >= 15 is 0 Å². The van der Waals surface area contributed by atoms with Gasteiger partial charge in [0.25, 0.3) is 0 Å². The molecule has 2 unspecified atom stereocenters. The highest BCUT2D eigenvalue weighted by Gasteiger charge is 2.06. The number of hydrogen-bond donors (Lipinski definition) is 1. The van der Waals surface area contributed by atoms with Crippen LogP contribution < -0.4 is 5.73 Å². The van der Waals surface area contributed by atoms with Gasteiger partial charge >= 0.3 is 0 Å². The molecule has 0 heterocycles. The standard InChI is InChI=1S/C11H26N2/c1-5-11(3)13(4)8-6-7-10(2)9-12/h10-11H,5-9,12H2,1-4H3. The highest BCUT2D eigenvalue weighted by atomic mass is 15.1. The van der Waals surface area contributed by atoms with Gasteiger partial charge in [-0.15, -0.1) is 0 Å². The molecule has 0 aromatic rings. The third-order valence-corrected chi connectivity index (χ3v) is 2.95. The van der Waals surface area contributed by atoms with Crippen molar-refractivity contribution in [3.05, 3.63) is 0 Å². The summed E-state index contributed by atoms with van der Waals surface area (Å²) in [7, 11) is 2.21. The van der Waals surface area contributed by atoms with Crippen LogP contribution in [-0.2, 0) is 0 Å². The van der Waals surface area contributed by atoms with Crippen molar-refractivity contribution in [2.45, 2.75) is 46.1 Å². The molecular weight excluding hydrogens is 160 g/mol. The molecular formula is C11H26N2. The lowest BCUT2D eigenvalue weighted by Crippen LogP contribution is -2.29. The van der Waals surface area contributed by atoms with Crippen LogP contribution in [0.2, 0.25) is 0 Å². The molecule has 0 fully saturated rings. The summed E-state index contributed by atoms with van der Waals surface area (Å²) in [6.07, 6.45) is 3.78. The maximum Gasteiger partial charge on any atom is 0.00612 e. The average molecular weight is 186 g/mol. The van der Waals surface area contributed by atoms with Gasteiger partial charge in [0.1, 0.15) is 0 Å². The van der Waals surface area contributed by atoms with Crippen LogP contribution in [0.1, 0.15) is 40.0 Å². The van der Waals surface area contributed by atoms with Crippen LogP contribution >= 0.6 is 0 Å². The molecule has 0 saturated heterocycles. The van der Waals surface area contributed by atoms with Crippen LogP contribution in [0.3, 0.4) is 0 Å². The lowest BCUT2D eigenvalue weighted by molar-refractivity contribution is 0.242. The molecule has 0 aliphatic heterocycles. The Morgan fingerprint density at radius 2 is 1.92 bits per heavy atom.